The van der Waals surface area contributed by atoms with Crippen molar-refractivity contribution in [3.05, 3.63) is 23.9 Å². The van der Waals surface area contributed by atoms with Crippen LogP contribution in [0, 0.1) is 0 Å². The van der Waals surface area contributed by atoms with E-state index in [1.165, 1.54) is 0 Å². The molecular weight excluding hydrogens is 180 g/mol. The molecule has 14 heavy (non-hydrogen) atoms. The third-order valence-corrected chi connectivity index (χ3v) is 1.90. The Labute approximate surface area is 84.1 Å². The molecule has 78 valence electrons. The number of hydrogen-bond acceptors (Lipinski definition) is 4. The standard InChI is InChI=1S/C10H16N2O2/c1-12(6-7-13)8-9-4-3-5-10(11-9)14-2/h3-5,13H,6-8H2,1-2H3. The van der Waals surface area contributed by atoms with Crippen LogP contribution in [0.4, 0.5) is 0 Å². The van der Waals surface area contributed by atoms with Crippen molar-refractivity contribution in [3.8, 4) is 5.88 Å². The molecule has 1 rings (SSSR count). The van der Waals surface area contributed by atoms with Crippen LogP contribution < -0.4 is 4.74 Å². The SMILES string of the molecule is COc1cccc(CN(C)CCO)n1. The summed E-state index contributed by atoms with van der Waals surface area (Å²) in [6, 6.07) is 5.67. The summed E-state index contributed by atoms with van der Waals surface area (Å²) in [4.78, 5) is 6.27. The highest BCUT2D eigenvalue weighted by atomic mass is 16.5. The van der Waals surface area contributed by atoms with E-state index in [4.69, 9.17) is 9.84 Å². The Morgan fingerprint density at radius 1 is 1.50 bits per heavy atom. The Balaban J connectivity index is 2.57. The maximum atomic E-state index is 8.73. The maximum Gasteiger partial charge on any atom is 0.213 e. The summed E-state index contributed by atoms with van der Waals surface area (Å²) in [5, 5.41) is 8.73. The van der Waals surface area contributed by atoms with E-state index in [0.717, 1.165) is 12.2 Å². The lowest BCUT2D eigenvalue weighted by atomic mass is 10.3. The minimum Gasteiger partial charge on any atom is -0.481 e. The average molecular weight is 196 g/mol. The fourth-order valence-electron chi connectivity index (χ4n) is 1.19. The maximum absolute atomic E-state index is 8.73. The van der Waals surface area contributed by atoms with Gasteiger partial charge in [-0.15, -0.1) is 0 Å². The highest BCUT2D eigenvalue weighted by Crippen LogP contribution is 2.07. The van der Waals surface area contributed by atoms with Crippen LogP contribution in [0.15, 0.2) is 18.2 Å². The van der Waals surface area contributed by atoms with Crippen LogP contribution in [0.5, 0.6) is 5.88 Å². The van der Waals surface area contributed by atoms with Gasteiger partial charge in [-0.1, -0.05) is 6.07 Å². The Morgan fingerprint density at radius 2 is 2.29 bits per heavy atom. The topological polar surface area (TPSA) is 45.6 Å². The van der Waals surface area contributed by atoms with Crippen LogP contribution in [-0.2, 0) is 6.54 Å². The van der Waals surface area contributed by atoms with Gasteiger partial charge in [0.1, 0.15) is 0 Å². The lowest BCUT2D eigenvalue weighted by Gasteiger charge is -2.14. The smallest absolute Gasteiger partial charge is 0.213 e. The van der Waals surface area contributed by atoms with Gasteiger partial charge in [0.15, 0.2) is 0 Å². The van der Waals surface area contributed by atoms with Gasteiger partial charge in [-0.25, -0.2) is 4.98 Å². The molecule has 0 saturated carbocycles. The molecule has 1 aromatic rings. The summed E-state index contributed by atoms with van der Waals surface area (Å²) in [6.45, 7) is 1.54. The highest BCUT2D eigenvalue weighted by Gasteiger charge is 2.01. The van der Waals surface area contributed by atoms with Crippen molar-refractivity contribution in [1.82, 2.24) is 9.88 Å². The minimum absolute atomic E-state index is 0.167. The van der Waals surface area contributed by atoms with Gasteiger partial charge in [0.2, 0.25) is 5.88 Å². The molecule has 0 unspecified atom stereocenters. The van der Waals surface area contributed by atoms with Crippen molar-refractivity contribution in [2.45, 2.75) is 6.54 Å². The van der Waals surface area contributed by atoms with Crippen LogP contribution >= 0.6 is 0 Å². The summed E-state index contributed by atoms with van der Waals surface area (Å²) in [6.07, 6.45) is 0. The fourth-order valence-corrected chi connectivity index (χ4v) is 1.19. The van der Waals surface area contributed by atoms with Gasteiger partial charge in [-0.05, 0) is 13.1 Å². The van der Waals surface area contributed by atoms with Crippen molar-refractivity contribution in [2.75, 3.05) is 27.3 Å². The molecule has 1 aromatic heterocycles. The fraction of sp³-hybridized carbons (Fsp3) is 0.500. The number of pyridine rings is 1. The molecule has 1 heterocycles. The number of aromatic nitrogens is 1. The summed E-state index contributed by atoms with van der Waals surface area (Å²) in [5.41, 5.74) is 0.945. The second-order valence-corrected chi connectivity index (χ2v) is 3.13. The van der Waals surface area contributed by atoms with E-state index in [9.17, 15) is 0 Å². The third-order valence-electron chi connectivity index (χ3n) is 1.90. The van der Waals surface area contributed by atoms with Crippen LogP contribution in [-0.4, -0.2) is 42.3 Å². The van der Waals surface area contributed by atoms with E-state index in [-0.39, 0.29) is 6.61 Å². The van der Waals surface area contributed by atoms with Crippen molar-refractivity contribution >= 4 is 0 Å². The van der Waals surface area contributed by atoms with Crippen molar-refractivity contribution in [3.63, 3.8) is 0 Å². The summed E-state index contributed by atoms with van der Waals surface area (Å²) in [5.74, 6) is 0.625. The molecule has 0 spiro atoms. The van der Waals surface area contributed by atoms with Gasteiger partial charge in [0.05, 0.1) is 19.4 Å². The number of aliphatic hydroxyl groups is 1. The Bertz CT molecular complexity index is 279. The Kier molecular flexibility index (Phi) is 4.35. The molecule has 0 aliphatic heterocycles. The van der Waals surface area contributed by atoms with E-state index in [0.29, 0.717) is 12.4 Å². The number of hydrogen-bond donors (Lipinski definition) is 1. The van der Waals surface area contributed by atoms with Crippen LogP contribution in [0.25, 0.3) is 0 Å². The molecule has 0 amide bonds. The monoisotopic (exact) mass is 196 g/mol. The van der Waals surface area contributed by atoms with E-state index < -0.39 is 0 Å². The van der Waals surface area contributed by atoms with Gasteiger partial charge >= 0.3 is 0 Å². The molecule has 4 heteroatoms. The normalized spacial score (nSPS) is 10.6. The van der Waals surface area contributed by atoms with Gasteiger partial charge in [-0.2, -0.15) is 0 Å². The average Bonchev–Trinajstić information content (AvgIpc) is 2.18. The van der Waals surface area contributed by atoms with E-state index in [1.807, 2.05) is 30.1 Å². The quantitative estimate of drug-likeness (QED) is 0.745. The van der Waals surface area contributed by atoms with E-state index >= 15 is 0 Å². The largest absolute Gasteiger partial charge is 0.481 e. The first kappa shape index (κ1) is 10.9. The van der Waals surface area contributed by atoms with Crippen molar-refractivity contribution < 1.29 is 9.84 Å². The first-order valence-corrected chi connectivity index (χ1v) is 4.55. The molecule has 0 aliphatic carbocycles. The lowest BCUT2D eigenvalue weighted by molar-refractivity contribution is 0.215. The first-order valence-electron chi connectivity index (χ1n) is 4.55. The summed E-state index contributed by atoms with van der Waals surface area (Å²) in [7, 11) is 3.54. The Morgan fingerprint density at radius 3 is 2.93 bits per heavy atom. The van der Waals surface area contributed by atoms with Crippen LogP contribution in [0.1, 0.15) is 5.69 Å². The highest BCUT2D eigenvalue weighted by molar-refractivity contribution is 5.15. The predicted molar refractivity (Wildman–Crippen MR) is 54.2 cm³/mol. The molecule has 4 nitrogen and oxygen atoms in total. The zero-order valence-electron chi connectivity index (χ0n) is 8.60. The van der Waals surface area contributed by atoms with Crippen molar-refractivity contribution in [2.24, 2.45) is 0 Å². The molecule has 0 radical (unpaired) electrons. The summed E-state index contributed by atoms with van der Waals surface area (Å²) >= 11 is 0. The van der Waals surface area contributed by atoms with Gasteiger partial charge in [0, 0.05) is 19.2 Å². The lowest BCUT2D eigenvalue weighted by Crippen LogP contribution is -2.22. The molecular formula is C10H16N2O2. The molecule has 0 atom stereocenters. The van der Waals surface area contributed by atoms with Crippen LogP contribution in [0.2, 0.25) is 0 Å². The number of likely N-dealkylation sites (N-methyl/N-ethyl adjacent to an activating group) is 1. The predicted octanol–water partition coefficient (Wildman–Crippen LogP) is 0.514. The molecule has 0 bridgehead atoms. The van der Waals surface area contributed by atoms with E-state index in [2.05, 4.69) is 4.98 Å². The van der Waals surface area contributed by atoms with Crippen molar-refractivity contribution in [1.29, 1.82) is 0 Å². The first-order chi connectivity index (χ1) is 6.76. The Hall–Kier alpha value is -1.13. The van der Waals surface area contributed by atoms with Gasteiger partial charge in [0.25, 0.3) is 0 Å². The van der Waals surface area contributed by atoms with Gasteiger partial charge in [-0.3, -0.25) is 4.90 Å². The summed E-state index contributed by atoms with van der Waals surface area (Å²) < 4.78 is 5.02. The minimum atomic E-state index is 0.167. The second-order valence-electron chi connectivity index (χ2n) is 3.13. The molecule has 0 fully saturated rings. The van der Waals surface area contributed by atoms with Crippen LogP contribution in [0.3, 0.4) is 0 Å². The van der Waals surface area contributed by atoms with Gasteiger partial charge < -0.3 is 9.84 Å². The number of ether oxygens (including phenoxy) is 1. The second kappa shape index (κ2) is 5.57. The number of nitrogens with zero attached hydrogens (tertiary/aromatic N) is 2. The third kappa shape index (κ3) is 3.32. The number of rotatable bonds is 5. The number of methoxy groups -OCH3 is 1. The zero-order chi connectivity index (χ0) is 10.4. The van der Waals surface area contributed by atoms with E-state index in [1.54, 1.807) is 7.11 Å². The molecule has 1 N–H and O–H groups in total. The molecule has 0 saturated heterocycles. The number of aliphatic hydroxyl groups excluding tert-OH is 1. The molecule has 0 aliphatic rings. The zero-order valence-corrected chi connectivity index (χ0v) is 8.60. The molecule has 0 aromatic carbocycles.